The van der Waals surface area contributed by atoms with Crippen molar-refractivity contribution in [1.82, 2.24) is 0 Å². The quantitative estimate of drug-likeness (QED) is 0.240. The second-order valence-corrected chi connectivity index (χ2v) is 10.4. The molecule has 0 saturated carbocycles. The molecule has 0 fully saturated rings. The minimum atomic E-state index is -4.27. The number of likely N-dealkylation sites (N-methyl/N-ethyl adjacent to an activating group) is 1. The number of fused-ring (bicyclic) bond motifs is 2. The van der Waals surface area contributed by atoms with E-state index in [1.54, 1.807) is 12.1 Å². The van der Waals surface area contributed by atoms with Crippen LogP contribution >= 0.6 is 0 Å². The second kappa shape index (κ2) is 11.1. The minimum absolute atomic E-state index is 0.178. The van der Waals surface area contributed by atoms with Gasteiger partial charge in [-0.2, -0.15) is 4.57 Å². The Labute approximate surface area is 219 Å². The van der Waals surface area contributed by atoms with Crippen molar-refractivity contribution in [3.8, 4) is 0 Å². The topological polar surface area (TPSA) is 64.3 Å². The van der Waals surface area contributed by atoms with Crippen molar-refractivity contribution in [3.63, 3.8) is 0 Å². The van der Waals surface area contributed by atoms with Gasteiger partial charge < -0.3 is 9.45 Å². The summed E-state index contributed by atoms with van der Waals surface area (Å²) in [7, 11) is -4.27. The van der Waals surface area contributed by atoms with Gasteiger partial charge in [-0.3, -0.25) is 0 Å². The van der Waals surface area contributed by atoms with Gasteiger partial charge in [-0.1, -0.05) is 53.6 Å². The molecular formula is C31H32N2O3S. The van der Waals surface area contributed by atoms with Gasteiger partial charge in [0.05, 0.1) is 4.90 Å². The van der Waals surface area contributed by atoms with Crippen molar-refractivity contribution in [2.75, 3.05) is 11.4 Å². The number of benzene rings is 3. The molecule has 5 rings (SSSR count). The summed E-state index contributed by atoms with van der Waals surface area (Å²) in [5, 5.41) is 1.30. The van der Waals surface area contributed by atoms with Gasteiger partial charge in [0.1, 0.15) is 16.7 Å². The molecule has 0 radical (unpaired) electrons. The van der Waals surface area contributed by atoms with E-state index in [1.807, 2.05) is 6.92 Å². The van der Waals surface area contributed by atoms with Crippen LogP contribution in [0.4, 0.5) is 5.69 Å². The first-order chi connectivity index (χ1) is 17.7. The molecule has 1 aliphatic heterocycles. The smallest absolute Gasteiger partial charge is 0.212 e. The number of hydrogen-bond acceptors (Lipinski definition) is 4. The van der Waals surface area contributed by atoms with Crippen LogP contribution in [0.2, 0.25) is 0 Å². The third-order valence-corrected chi connectivity index (χ3v) is 7.28. The molecule has 0 bridgehead atoms. The van der Waals surface area contributed by atoms with Gasteiger partial charge >= 0.3 is 0 Å². The Balaban J connectivity index is 0.000000245. The van der Waals surface area contributed by atoms with Crippen LogP contribution in [0.5, 0.6) is 0 Å². The molecule has 3 aromatic carbocycles. The molecule has 4 aromatic rings. The Morgan fingerprint density at radius 3 is 2.24 bits per heavy atom. The van der Waals surface area contributed by atoms with E-state index in [1.165, 1.54) is 51.2 Å². The largest absolute Gasteiger partial charge is 0.744 e. The molecule has 0 spiro atoms. The summed E-state index contributed by atoms with van der Waals surface area (Å²) in [5.41, 5.74) is 8.55. The SMILES string of the molecule is CCN1/C(=C/c2ccc3cc(C)ccc3[n+]2CC)C=Cc2ccccc21.Cc1ccc(S(=O)(=O)[O-])cc1. The zero-order valence-corrected chi connectivity index (χ0v) is 22.5. The molecule has 0 saturated heterocycles. The average Bonchev–Trinajstić information content (AvgIpc) is 2.88. The van der Waals surface area contributed by atoms with Gasteiger partial charge in [0.2, 0.25) is 11.2 Å². The predicted molar refractivity (Wildman–Crippen MR) is 150 cm³/mol. The Kier molecular flexibility index (Phi) is 7.91. The van der Waals surface area contributed by atoms with Gasteiger partial charge in [-0.15, -0.1) is 0 Å². The van der Waals surface area contributed by atoms with Crippen molar-refractivity contribution < 1.29 is 17.5 Å². The van der Waals surface area contributed by atoms with Crippen molar-refractivity contribution in [3.05, 3.63) is 113 Å². The fourth-order valence-electron chi connectivity index (χ4n) is 4.55. The molecule has 0 amide bonds. The Morgan fingerprint density at radius 1 is 0.865 bits per heavy atom. The maximum absolute atomic E-state index is 10.4. The van der Waals surface area contributed by atoms with Gasteiger partial charge in [0.25, 0.3) is 0 Å². The standard InChI is InChI=1S/C24H25N2.C7H8O3S/c1-4-25-21(13-11-19-8-6-7-9-23(19)25)17-22-14-12-20-16-18(3)10-15-24(20)26(22)5-2;1-6-2-4-7(5-3-6)11(8,9)10/h6-17H,4-5H2,1-3H3;2-5H,1H3,(H,8,9,10)/q+1;/p-1. The van der Waals surface area contributed by atoms with E-state index in [9.17, 15) is 13.0 Å². The average molecular weight is 513 g/mol. The number of hydrogen-bond donors (Lipinski definition) is 0. The van der Waals surface area contributed by atoms with Crippen LogP contribution in [0.15, 0.2) is 95.5 Å². The summed E-state index contributed by atoms with van der Waals surface area (Å²) in [6, 6.07) is 25.5. The summed E-state index contributed by atoms with van der Waals surface area (Å²) in [5.74, 6) is 0. The number of aryl methyl sites for hydroxylation is 3. The van der Waals surface area contributed by atoms with Crippen LogP contribution in [0.25, 0.3) is 23.1 Å². The van der Waals surface area contributed by atoms with E-state index in [4.69, 9.17) is 0 Å². The fourth-order valence-corrected chi connectivity index (χ4v) is 5.02. The van der Waals surface area contributed by atoms with Gasteiger partial charge in [-0.05, 0) is 69.7 Å². The molecule has 5 nitrogen and oxygen atoms in total. The number of anilines is 1. The zero-order valence-electron chi connectivity index (χ0n) is 21.7. The second-order valence-electron chi connectivity index (χ2n) is 9.04. The fraction of sp³-hybridized carbons (Fsp3) is 0.194. The van der Waals surface area contributed by atoms with Crippen molar-refractivity contribution in [2.24, 2.45) is 0 Å². The first-order valence-electron chi connectivity index (χ1n) is 12.4. The normalized spacial score (nSPS) is 13.9. The predicted octanol–water partition coefficient (Wildman–Crippen LogP) is 6.25. The summed E-state index contributed by atoms with van der Waals surface area (Å²) in [6.07, 6.45) is 6.75. The van der Waals surface area contributed by atoms with E-state index in [-0.39, 0.29) is 4.90 Å². The number of para-hydroxylation sites is 1. The Hall–Kier alpha value is -3.74. The maximum atomic E-state index is 10.4. The van der Waals surface area contributed by atoms with Crippen molar-refractivity contribution in [1.29, 1.82) is 0 Å². The zero-order chi connectivity index (χ0) is 26.6. The monoisotopic (exact) mass is 512 g/mol. The molecular weight excluding hydrogens is 480 g/mol. The lowest BCUT2D eigenvalue weighted by atomic mass is 10.0. The highest BCUT2D eigenvalue weighted by molar-refractivity contribution is 7.85. The summed E-state index contributed by atoms with van der Waals surface area (Å²) >= 11 is 0. The number of rotatable bonds is 4. The summed E-state index contributed by atoms with van der Waals surface area (Å²) in [6.45, 7) is 10.3. The molecule has 6 heteroatoms. The summed E-state index contributed by atoms with van der Waals surface area (Å²) in [4.78, 5) is 2.21. The Morgan fingerprint density at radius 2 is 1.57 bits per heavy atom. The van der Waals surface area contributed by atoms with Crippen LogP contribution < -0.4 is 9.47 Å². The van der Waals surface area contributed by atoms with E-state index in [2.05, 4.69) is 103 Å². The van der Waals surface area contributed by atoms with Crippen LogP contribution in [-0.2, 0) is 16.7 Å². The highest BCUT2D eigenvalue weighted by atomic mass is 32.2. The Bertz CT molecular complexity index is 1590. The highest BCUT2D eigenvalue weighted by Crippen LogP contribution is 2.31. The highest BCUT2D eigenvalue weighted by Gasteiger charge is 2.18. The lowest BCUT2D eigenvalue weighted by molar-refractivity contribution is -0.669. The molecule has 0 N–H and O–H groups in total. The lowest BCUT2D eigenvalue weighted by Crippen LogP contribution is -2.37. The van der Waals surface area contributed by atoms with Crippen LogP contribution in [0, 0.1) is 13.8 Å². The number of nitrogens with zero attached hydrogens (tertiary/aromatic N) is 2. The molecule has 37 heavy (non-hydrogen) atoms. The van der Waals surface area contributed by atoms with Crippen molar-refractivity contribution >= 4 is 38.9 Å². The van der Waals surface area contributed by atoms with Gasteiger partial charge in [0, 0.05) is 41.5 Å². The van der Waals surface area contributed by atoms with E-state index in [0.717, 1.165) is 18.7 Å². The molecule has 0 aliphatic carbocycles. The first kappa shape index (κ1) is 26.3. The summed E-state index contributed by atoms with van der Waals surface area (Å²) < 4.78 is 33.6. The molecule has 0 unspecified atom stereocenters. The van der Waals surface area contributed by atoms with E-state index < -0.39 is 10.1 Å². The third-order valence-electron chi connectivity index (χ3n) is 6.43. The van der Waals surface area contributed by atoms with Crippen LogP contribution in [0.1, 0.15) is 36.2 Å². The first-order valence-corrected chi connectivity index (χ1v) is 13.8. The number of aromatic nitrogens is 1. The van der Waals surface area contributed by atoms with E-state index >= 15 is 0 Å². The molecule has 1 aliphatic rings. The molecule has 190 valence electrons. The van der Waals surface area contributed by atoms with Gasteiger partial charge in [-0.25, -0.2) is 8.42 Å². The molecule has 1 aromatic heterocycles. The lowest BCUT2D eigenvalue weighted by Gasteiger charge is -2.29. The van der Waals surface area contributed by atoms with Crippen molar-refractivity contribution in [2.45, 2.75) is 39.1 Å². The third kappa shape index (κ3) is 5.98. The number of pyridine rings is 1. The van der Waals surface area contributed by atoms with Crippen LogP contribution in [0.3, 0.4) is 0 Å². The molecule has 2 heterocycles. The van der Waals surface area contributed by atoms with Gasteiger partial charge in [0.15, 0.2) is 0 Å². The minimum Gasteiger partial charge on any atom is -0.744 e. The van der Waals surface area contributed by atoms with Crippen LogP contribution in [-0.4, -0.2) is 19.5 Å². The van der Waals surface area contributed by atoms with E-state index in [0.29, 0.717) is 0 Å². The number of allylic oxidation sites excluding steroid dienone is 1. The maximum Gasteiger partial charge on any atom is 0.212 e. The molecule has 0 atom stereocenters.